The molecule has 0 aliphatic carbocycles. The number of rotatable bonds is 3. The second kappa shape index (κ2) is 6.03. The molecule has 112 valence electrons. The number of fused-ring (bicyclic) bond motifs is 1. The average Bonchev–Trinajstić information content (AvgIpc) is 2.77. The van der Waals surface area contributed by atoms with E-state index in [-0.39, 0.29) is 5.91 Å². The standard InChI is InChI=1S/C15H19ClN4O/c1-19-12-7-5-6-11(16)14(12)15(18-19)17-13(21)10-20-8-3-2-4-9-20/h5-7H,2-4,8-10H2,1H3,(H,17,18,21). The molecule has 0 radical (unpaired) electrons. The molecule has 0 bridgehead atoms. The van der Waals surface area contributed by atoms with Crippen molar-refractivity contribution in [1.82, 2.24) is 14.7 Å². The van der Waals surface area contributed by atoms with E-state index in [1.165, 1.54) is 19.3 Å². The minimum atomic E-state index is -0.0307. The van der Waals surface area contributed by atoms with Crippen molar-refractivity contribution < 1.29 is 4.79 Å². The Morgan fingerprint density at radius 3 is 2.86 bits per heavy atom. The molecule has 1 amide bonds. The van der Waals surface area contributed by atoms with Crippen molar-refractivity contribution in [1.29, 1.82) is 0 Å². The lowest BCUT2D eigenvalue weighted by Gasteiger charge is -2.25. The van der Waals surface area contributed by atoms with E-state index in [0.29, 0.717) is 17.4 Å². The lowest BCUT2D eigenvalue weighted by atomic mass is 10.1. The number of nitrogens with zero attached hydrogens (tertiary/aromatic N) is 3. The van der Waals surface area contributed by atoms with Gasteiger partial charge in [0, 0.05) is 7.05 Å². The number of aromatic nitrogens is 2. The van der Waals surface area contributed by atoms with E-state index in [2.05, 4.69) is 15.3 Å². The first-order valence-corrected chi connectivity index (χ1v) is 7.66. The zero-order valence-corrected chi connectivity index (χ0v) is 12.9. The molecule has 0 saturated carbocycles. The predicted molar refractivity (Wildman–Crippen MR) is 84.6 cm³/mol. The number of likely N-dealkylation sites (tertiary alicyclic amines) is 1. The Bertz CT molecular complexity index is 661. The third-order valence-corrected chi connectivity index (χ3v) is 4.22. The van der Waals surface area contributed by atoms with Crippen molar-refractivity contribution in [3.8, 4) is 0 Å². The summed E-state index contributed by atoms with van der Waals surface area (Å²) >= 11 is 6.24. The molecule has 1 aromatic heterocycles. The minimum Gasteiger partial charge on any atom is -0.308 e. The number of nitrogens with one attached hydrogen (secondary N) is 1. The lowest BCUT2D eigenvalue weighted by Crippen LogP contribution is -2.36. The second-order valence-electron chi connectivity index (χ2n) is 5.49. The van der Waals surface area contributed by atoms with Crippen LogP contribution in [0.4, 0.5) is 5.82 Å². The van der Waals surface area contributed by atoms with Gasteiger partial charge in [0.2, 0.25) is 5.91 Å². The summed E-state index contributed by atoms with van der Waals surface area (Å²) in [5.41, 5.74) is 0.913. The highest BCUT2D eigenvalue weighted by atomic mass is 35.5. The third kappa shape index (κ3) is 3.04. The number of hydrogen-bond donors (Lipinski definition) is 1. The molecule has 1 N–H and O–H groups in total. The van der Waals surface area contributed by atoms with Crippen molar-refractivity contribution >= 4 is 34.2 Å². The summed E-state index contributed by atoms with van der Waals surface area (Å²) in [5.74, 6) is 0.511. The highest BCUT2D eigenvalue weighted by Crippen LogP contribution is 2.29. The van der Waals surface area contributed by atoms with Crippen LogP contribution in [-0.4, -0.2) is 40.2 Å². The Kier molecular flexibility index (Phi) is 4.12. The summed E-state index contributed by atoms with van der Waals surface area (Å²) in [6.45, 7) is 2.41. The number of amides is 1. The van der Waals surface area contributed by atoms with Crippen LogP contribution in [0.15, 0.2) is 18.2 Å². The summed E-state index contributed by atoms with van der Waals surface area (Å²) in [6.07, 6.45) is 3.61. The van der Waals surface area contributed by atoms with Crippen LogP contribution in [0.2, 0.25) is 5.02 Å². The Balaban J connectivity index is 1.76. The largest absolute Gasteiger partial charge is 0.308 e. The van der Waals surface area contributed by atoms with Crippen LogP contribution in [0.3, 0.4) is 0 Å². The fourth-order valence-corrected chi connectivity index (χ4v) is 3.11. The topological polar surface area (TPSA) is 50.2 Å². The van der Waals surface area contributed by atoms with Gasteiger partial charge in [-0.2, -0.15) is 5.10 Å². The van der Waals surface area contributed by atoms with Gasteiger partial charge >= 0.3 is 0 Å². The van der Waals surface area contributed by atoms with Crippen molar-refractivity contribution in [3.05, 3.63) is 23.2 Å². The van der Waals surface area contributed by atoms with Gasteiger partial charge in [0.05, 0.1) is 22.5 Å². The molecule has 2 heterocycles. The first-order valence-electron chi connectivity index (χ1n) is 7.28. The summed E-state index contributed by atoms with van der Waals surface area (Å²) in [6, 6.07) is 5.63. The third-order valence-electron chi connectivity index (χ3n) is 3.90. The SMILES string of the molecule is Cn1nc(NC(=O)CN2CCCCC2)c2c(Cl)cccc21. The van der Waals surface area contributed by atoms with E-state index < -0.39 is 0 Å². The summed E-state index contributed by atoms with van der Waals surface area (Å²) in [4.78, 5) is 14.4. The van der Waals surface area contributed by atoms with Gasteiger partial charge in [-0.15, -0.1) is 0 Å². The molecule has 21 heavy (non-hydrogen) atoms. The maximum Gasteiger partial charge on any atom is 0.239 e. The zero-order chi connectivity index (χ0) is 14.8. The number of aryl methyl sites for hydroxylation is 1. The maximum absolute atomic E-state index is 12.2. The van der Waals surface area contributed by atoms with Gasteiger partial charge in [-0.3, -0.25) is 14.4 Å². The van der Waals surface area contributed by atoms with Crippen LogP contribution in [0.1, 0.15) is 19.3 Å². The number of carbonyl (C=O) groups excluding carboxylic acids is 1. The molecule has 1 fully saturated rings. The number of halogens is 1. The van der Waals surface area contributed by atoms with Gasteiger partial charge in [-0.05, 0) is 38.1 Å². The molecule has 1 aliphatic rings. The Morgan fingerprint density at radius 1 is 1.33 bits per heavy atom. The Hall–Kier alpha value is -1.59. The van der Waals surface area contributed by atoms with Gasteiger partial charge in [0.25, 0.3) is 0 Å². The van der Waals surface area contributed by atoms with Crippen molar-refractivity contribution in [2.45, 2.75) is 19.3 Å². The highest BCUT2D eigenvalue weighted by molar-refractivity contribution is 6.36. The molecular weight excluding hydrogens is 288 g/mol. The van der Waals surface area contributed by atoms with Crippen LogP contribution in [0.25, 0.3) is 10.9 Å². The van der Waals surface area contributed by atoms with Gasteiger partial charge < -0.3 is 5.32 Å². The van der Waals surface area contributed by atoms with Crippen LogP contribution in [0.5, 0.6) is 0 Å². The van der Waals surface area contributed by atoms with Gasteiger partial charge in [0.1, 0.15) is 0 Å². The number of anilines is 1. The van der Waals surface area contributed by atoms with Crippen LogP contribution in [-0.2, 0) is 11.8 Å². The normalized spacial score (nSPS) is 16.3. The smallest absolute Gasteiger partial charge is 0.239 e. The fraction of sp³-hybridized carbons (Fsp3) is 0.467. The van der Waals surface area contributed by atoms with Crippen LogP contribution < -0.4 is 5.32 Å². The fourth-order valence-electron chi connectivity index (χ4n) is 2.85. The van der Waals surface area contributed by atoms with Crippen molar-refractivity contribution in [3.63, 3.8) is 0 Å². The number of piperidine rings is 1. The van der Waals surface area contributed by atoms with E-state index in [4.69, 9.17) is 11.6 Å². The van der Waals surface area contributed by atoms with Crippen LogP contribution in [0, 0.1) is 0 Å². The molecular formula is C15H19ClN4O. The molecule has 0 spiro atoms. The molecule has 1 saturated heterocycles. The molecule has 5 nitrogen and oxygen atoms in total. The lowest BCUT2D eigenvalue weighted by molar-refractivity contribution is -0.117. The van der Waals surface area contributed by atoms with E-state index >= 15 is 0 Å². The summed E-state index contributed by atoms with van der Waals surface area (Å²) in [7, 11) is 1.85. The molecule has 0 unspecified atom stereocenters. The van der Waals surface area contributed by atoms with Crippen molar-refractivity contribution in [2.24, 2.45) is 7.05 Å². The van der Waals surface area contributed by atoms with E-state index in [1.54, 1.807) is 4.68 Å². The first-order chi connectivity index (χ1) is 10.1. The maximum atomic E-state index is 12.2. The molecule has 3 rings (SSSR count). The highest BCUT2D eigenvalue weighted by Gasteiger charge is 2.17. The number of carbonyl (C=O) groups is 1. The summed E-state index contributed by atoms with van der Waals surface area (Å²) in [5, 5.41) is 8.67. The van der Waals surface area contributed by atoms with E-state index in [0.717, 1.165) is 24.0 Å². The zero-order valence-electron chi connectivity index (χ0n) is 12.1. The monoisotopic (exact) mass is 306 g/mol. The average molecular weight is 307 g/mol. The number of hydrogen-bond acceptors (Lipinski definition) is 3. The van der Waals surface area contributed by atoms with Crippen LogP contribution >= 0.6 is 11.6 Å². The van der Waals surface area contributed by atoms with E-state index in [9.17, 15) is 4.79 Å². The Labute approximate surface area is 128 Å². The second-order valence-corrected chi connectivity index (χ2v) is 5.90. The van der Waals surface area contributed by atoms with Gasteiger partial charge in [0.15, 0.2) is 5.82 Å². The molecule has 6 heteroatoms. The van der Waals surface area contributed by atoms with Gasteiger partial charge in [-0.1, -0.05) is 24.1 Å². The number of benzene rings is 1. The molecule has 1 aliphatic heterocycles. The van der Waals surface area contributed by atoms with Crippen molar-refractivity contribution in [2.75, 3.05) is 25.0 Å². The predicted octanol–water partition coefficient (Wildman–Crippen LogP) is 2.65. The summed E-state index contributed by atoms with van der Waals surface area (Å²) < 4.78 is 1.73. The molecule has 2 aromatic rings. The minimum absolute atomic E-state index is 0.0307. The molecule has 0 atom stereocenters. The molecule has 1 aromatic carbocycles. The van der Waals surface area contributed by atoms with E-state index in [1.807, 2.05) is 25.2 Å². The van der Waals surface area contributed by atoms with Gasteiger partial charge in [-0.25, -0.2) is 0 Å². The quantitative estimate of drug-likeness (QED) is 0.948. The Morgan fingerprint density at radius 2 is 2.10 bits per heavy atom. The first kappa shape index (κ1) is 14.4.